The van der Waals surface area contributed by atoms with Crippen LogP contribution in [0.15, 0.2) is 18.2 Å². The minimum Gasteiger partial charge on any atom is -0.493 e. The molecule has 0 saturated heterocycles. The lowest BCUT2D eigenvalue weighted by atomic mass is 10.1. The highest BCUT2D eigenvalue weighted by Gasteiger charge is 2.10. The summed E-state index contributed by atoms with van der Waals surface area (Å²) in [6.07, 6.45) is 4.30. The number of benzene rings is 1. The van der Waals surface area contributed by atoms with Gasteiger partial charge in [0.15, 0.2) is 11.5 Å². The summed E-state index contributed by atoms with van der Waals surface area (Å²) in [5, 5.41) is 3.48. The first kappa shape index (κ1) is 17.2. The van der Waals surface area contributed by atoms with Gasteiger partial charge in [-0.15, -0.1) is 0 Å². The maximum atomic E-state index is 5.79. The van der Waals surface area contributed by atoms with Crippen LogP contribution in [0.3, 0.4) is 0 Å². The van der Waals surface area contributed by atoms with E-state index in [-0.39, 0.29) is 0 Å². The molecule has 20 heavy (non-hydrogen) atoms. The monoisotopic (exact) mass is 297 g/mol. The van der Waals surface area contributed by atoms with Crippen LogP contribution in [0.4, 0.5) is 0 Å². The van der Waals surface area contributed by atoms with E-state index in [0.717, 1.165) is 43.2 Å². The number of hydrogen-bond donors (Lipinski definition) is 1. The Morgan fingerprint density at radius 2 is 2.10 bits per heavy atom. The van der Waals surface area contributed by atoms with Crippen LogP contribution in [0.5, 0.6) is 11.5 Å². The molecule has 0 radical (unpaired) electrons. The Morgan fingerprint density at radius 1 is 1.30 bits per heavy atom. The van der Waals surface area contributed by atoms with Gasteiger partial charge in [0.25, 0.3) is 0 Å². The number of nitrogens with one attached hydrogen (secondary N) is 1. The maximum absolute atomic E-state index is 5.79. The average Bonchev–Trinajstić information content (AvgIpc) is 2.49. The van der Waals surface area contributed by atoms with Crippen LogP contribution in [-0.4, -0.2) is 32.3 Å². The Hall–Kier alpha value is -0.870. The minimum absolute atomic E-state index is 0.328. The van der Waals surface area contributed by atoms with E-state index in [1.165, 1.54) is 5.56 Å². The highest BCUT2D eigenvalue weighted by atomic mass is 32.2. The highest BCUT2D eigenvalue weighted by molar-refractivity contribution is 7.98. The first-order valence-corrected chi connectivity index (χ1v) is 8.65. The molecule has 1 atom stereocenters. The number of ether oxygens (including phenoxy) is 2. The predicted molar refractivity (Wildman–Crippen MR) is 88.2 cm³/mol. The average molecular weight is 297 g/mol. The normalized spacial score (nSPS) is 12.2. The second-order valence-corrected chi connectivity index (χ2v) is 5.77. The van der Waals surface area contributed by atoms with Gasteiger partial charge in [-0.3, -0.25) is 0 Å². The molecule has 0 spiro atoms. The van der Waals surface area contributed by atoms with E-state index in [4.69, 9.17) is 9.47 Å². The molecule has 0 amide bonds. The third-order valence-corrected chi connectivity index (χ3v) is 3.84. The zero-order valence-electron chi connectivity index (χ0n) is 13.1. The SMILES string of the molecule is CCCNC(C)c1ccc(OCCCSC)c(OC)c1. The van der Waals surface area contributed by atoms with Crippen LogP contribution in [0.1, 0.15) is 38.3 Å². The Bertz CT molecular complexity index is 385. The van der Waals surface area contributed by atoms with Crippen molar-refractivity contribution in [2.75, 3.05) is 32.3 Å². The maximum Gasteiger partial charge on any atom is 0.161 e. The fraction of sp³-hybridized carbons (Fsp3) is 0.625. The molecule has 0 aliphatic heterocycles. The third-order valence-electron chi connectivity index (χ3n) is 3.14. The van der Waals surface area contributed by atoms with Crippen LogP contribution in [0.2, 0.25) is 0 Å². The summed E-state index contributed by atoms with van der Waals surface area (Å²) in [6.45, 7) is 6.10. The second kappa shape index (κ2) is 9.94. The van der Waals surface area contributed by atoms with Gasteiger partial charge in [0.2, 0.25) is 0 Å². The van der Waals surface area contributed by atoms with Crippen molar-refractivity contribution >= 4 is 11.8 Å². The Kier molecular flexibility index (Phi) is 8.54. The van der Waals surface area contributed by atoms with Crippen molar-refractivity contribution in [1.82, 2.24) is 5.32 Å². The fourth-order valence-electron chi connectivity index (χ4n) is 1.94. The summed E-state index contributed by atoms with van der Waals surface area (Å²) in [5.74, 6) is 2.77. The minimum atomic E-state index is 0.328. The van der Waals surface area contributed by atoms with Gasteiger partial charge in [-0.05, 0) is 56.0 Å². The van der Waals surface area contributed by atoms with E-state index < -0.39 is 0 Å². The molecule has 0 bridgehead atoms. The Balaban J connectivity index is 2.64. The third kappa shape index (κ3) is 5.63. The van der Waals surface area contributed by atoms with E-state index in [1.807, 2.05) is 17.8 Å². The van der Waals surface area contributed by atoms with Gasteiger partial charge >= 0.3 is 0 Å². The van der Waals surface area contributed by atoms with E-state index in [0.29, 0.717) is 6.04 Å². The molecule has 1 rings (SSSR count). The van der Waals surface area contributed by atoms with Gasteiger partial charge in [0.05, 0.1) is 13.7 Å². The van der Waals surface area contributed by atoms with Crippen molar-refractivity contribution in [3.63, 3.8) is 0 Å². The van der Waals surface area contributed by atoms with Gasteiger partial charge in [0.1, 0.15) is 0 Å². The highest BCUT2D eigenvalue weighted by Crippen LogP contribution is 2.30. The number of rotatable bonds is 10. The molecule has 0 fully saturated rings. The van der Waals surface area contributed by atoms with Crippen molar-refractivity contribution in [3.8, 4) is 11.5 Å². The summed E-state index contributed by atoms with van der Waals surface area (Å²) in [7, 11) is 1.69. The van der Waals surface area contributed by atoms with Crippen molar-refractivity contribution < 1.29 is 9.47 Å². The van der Waals surface area contributed by atoms with Crippen LogP contribution in [-0.2, 0) is 0 Å². The second-order valence-electron chi connectivity index (χ2n) is 4.78. The zero-order chi connectivity index (χ0) is 14.8. The molecule has 1 aromatic rings. The van der Waals surface area contributed by atoms with Crippen molar-refractivity contribution in [1.29, 1.82) is 0 Å². The molecular formula is C16H27NO2S. The molecule has 1 unspecified atom stereocenters. The molecule has 0 heterocycles. The van der Waals surface area contributed by atoms with Crippen LogP contribution in [0.25, 0.3) is 0 Å². The zero-order valence-corrected chi connectivity index (χ0v) is 13.9. The largest absolute Gasteiger partial charge is 0.493 e. The van der Waals surface area contributed by atoms with Crippen molar-refractivity contribution in [3.05, 3.63) is 23.8 Å². The smallest absolute Gasteiger partial charge is 0.161 e. The Morgan fingerprint density at radius 3 is 2.75 bits per heavy atom. The quantitative estimate of drug-likeness (QED) is 0.664. The molecule has 1 aromatic carbocycles. The lowest BCUT2D eigenvalue weighted by Gasteiger charge is -2.17. The Labute approximate surface area is 127 Å². The van der Waals surface area contributed by atoms with E-state index >= 15 is 0 Å². The van der Waals surface area contributed by atoms with Gasteiger partial charge in [-0.2, -0.15) is 11.8 Å². The molecular weight excluding hydrogens is 270 g/mol. The van der Waals surface area contributed by atoms with Gasteiger partial charge < -0.3 is 14.8 Å². The lowest BCUT2D eigenvalue weighted by Crippen LogP contribution is -2.19. The molecule has 0 aromatic heterocycles. The molecule has 3 nitrogen and oxygen atoms in total. The standard InChI is InChI=1S/C16H27NO2S/c1-5-9-17-13(2)14-7-8-15(16(12-14)18-3)19-10-6-11-20-4/h7-8,12-13,17H,5-6,9-11H2,1-4H3. The summed E-state index contributed by atoms with van der Waals surface area (Å²) >= 11 is 1.84. The predicted octanol–water partition coefficient (Wildman–Crippen LogP) is 3.89. The fourth-order valence-corrected chi connectivity index (χ4v) is 2.34. The van der Waals surface area contributed by atoms with Crippen LogP contribution in [0, 0.1) is 0 Å². The topological polar surface area (TPSA) is 30.5 Å². The van der Waals surface area contributed by atoms with Gasteiger partial charge in [-0.1, -0.05) is 13.0 Å². The van der Waals surface area contributed by atoms with E-state index in [9.17, 15) is 0 Å². The van der Waals surface area contributed by atoms with Gasteiger partial charge in [-0.25, -0.2) is 0 Å². The lowest BCUT2D eigenvalue weighted by molar-refractivity contribution is 0.295. The van der Waals surface area contributed by atoms with E-state index in [2.05, 4.69) is 37.6 Å². The first-order chi connectivity index (χ1) is 9.72. The summed E-state index contributed by atoms with van der Waals surface area (Å²) in [4.78, 5) is 0. The van der Waals surface area contributed by atoms with Gasteiger partial charge in [0, 0.05) is 6.04 Å². The number of methoxy groups -OCH3 is 1. The number of thioether (sulfide) groups is 1. The van der Waals surface area contributed by atoms with Crippen molar-refractivity contribution in [2.24, 2.45) is 0 Å². The molecule has 0 aliphatic carbocycles. The van der Waals surface area contributed by atoms with Crippen LogP contribution >= 0.6 is 11.8 Å². The molecule has 0 aliphatic rings. The van der Waals surface area contributed by atoms with E-state index in [1.54, 1.807) is 7.11 Å². The molecule has 114 valence electrons. The first-order valence-electron chi connectivity index (χ1n) is 7.26. The van der Waals surface area contributed by atoms with Crippen LogP contribution < -0.4 is 14.8 Å². The number of hydrogen-bond acceptors (Lipinski definition) is 4. The summed E-state index contributed by atoms with van der Waals surface area (Å²) < 4.78 is 11.2. The molecule has 4 heteroatoms. The summed E-state index contributed by atoms with van der Waals surface area (Å²) in [5.41, 5.74) is 1.23. The molecule has 0 saturated carbocycles. The molecule has 1 N–H and O–H groups in total. The summed E-state index contributed by atoms with van der Waals surface area (Å²) in [6, 6.07) is 6.52. The van der Waals surface area contributed by atoms with Crippen molar-refractivity contribution in [2.45, 2.75) is 32.7 Å².